The fourth-order valence-electron chi connectivity index (χ4n) is 4.41. The third-order valence-corrected chi connectivity index (χ3v) is 6.07. The van der Waals surface area contributed by atoms with E-state index >= 15 is 0 Å². The lowest BCUT2D eigenvalue weighted by Gasteiger charge is -2.20. The second-order valence-electron chi connectivity index (χ2n) is 7.99. The van der Waals surface area contributed by atoms with Gasteiger partial charge in [-0.1, -0.05) is 54.6 Å². The molecule has 3 aromatic carbocycles. The highest BCUT2D eigenvalue weighted by Gasteiger charge is 2.19. The number of fused-ring (bicyclic) bond motifs is 2. The topological polar surface area (TPSA) is 55.2 Å². The molecule has 0 radical (unpaired) electrons. The number of phenols is 1. The van der Waals surface area contributed by atoms with Gasteiger partial charge in [0.2, 0.25) is 0 Å². The third kappa shape index (κ3) is 3.87. The molecule has 0 amide bonds. The number of nitrogens with zero attached hydrogens (tertiary/aromatic N) is 2. The van der Waals surface area contributed by atoms with Crippen LogP contribution in [-0.2, 0) is 12.8 Å². The van der Waals surface area contributed by atoms with Gasteiger partial charge in [-0.25, -0.2) is 0 Å². The fourth-order valence-corrected chi connectivity index (χ4v) is 4.41. The van der Waals surface area contributed by atoms with Crippen molar-refractivity contribution in [3.63, 3.8) is 0 Å². The van der Waals surface area contributed by atoms with Crippen molar-refractivity contribution in [2.75, 3.05) is 7.11 Å². The Morgan fingerprint density at radius 1 is 0.750 bits per heavy atom. The lowest BCUT2D eigenvalue weighted by Crippen LogP contribution is -2.10. The van der Waals surface area contributed by atoms with Crippen LogP contribution in [0.5, 0.6) is 11.5 Å². The molecule has 0 fully saturated rings. The van der Waals surface area contributed by atoms with Crippen LogP contribution >= 0.6 is 0 Å². The van der Waals surface area contributed by atoms with E-state index in [1.54, 1.807) is 13.2 Å². The van der Waals surface area contributed by atoms with Crippen molar-refractivity contribution >= 4 is 21.5 Å². The van der Waals surface area contributed by atoms with E-state index < -0.39 is 0 Å². The highest BCUT2D eigenvalue weighted by molar-refractivity contribution is 5.85. The minimum atomic E-state index is 0.112. The van der Waals surface area contributed by atoms with E-state index in [1.165, 1.54) is 10.8 Å². The van der Waals surface area contributed by atoms with E-state index in [-0.39, 0.29) is 11.7 Å². The van der Waals surface area contributed by atoms with Crippen LogP contribution in [0.25, 0.3) is 21.5 Å². The molecule has 0 saturated carbocycles. The number of aromatic hydroxyl groups is 1. The molecule has 158 valence electrons. The van der Waals surface area contributed by atoms with Crippen molar-refractivity contribution in [2.45, 2.75) is 18.8 Å². The van der Waals surface area contributed by atoms with Gasteiger partial charge in [-0.05, 0) is 59.4 Å². The van der Waals surface area contributed by atoms with Gasteiger partial charge in [-0.2, -0.15) is 0 Å². The van der Waals surface area contributed by atoms with Crippen LogP contribution in [0, 0.1) is 0 Å². The van der Waals surface area contributed by atoms with Gasteiger partial charge in [0.05, 0.1) is 7.11 Å². The number of rotatable bonds is 6. The zero-order valence-corrected chi connectivity index (χ0v) is 17.9. The molecule has 0 spiro atoms. The van der Waals surface area contributed by atoms with Gasteiger partial charge in [-0.3, -0.25) is 9.97 Å². The van der Waals surface area contributed by atoms with Gasteiger partial charge in [0.15, 0.2) is 11.5 Å². The zero-order valence-electron chi connectivity index (χ0n) is 17.9. The normalized spacial score (nSPS) is 11.3. The molecule has 0 bridgehead atoms. The number of ether oxygens (including phenoxy) is 1. The van der Waals surface area contributed by atoms with Gasteiger partial charge in [-0.15, -0.1) is 0 Å². The Morgan fingerprint density at radius 2 is 1.31 bits per heavy atom. The third-order valence-electron chi connectivity index (χ3n) is 6.07. The first-order valence-electron chi connectivity index (χ1n) is 10.7. The Balaban J connectivity index is 1.60. The van der Waals surface area contributed by atoms with Crippen LogP contribution in [0.3, 0.4) is 0 Å². The summed E-state index contributed by atoms with van der Waals surface area (Å²) >= 11 is 0. The van der Waals surface area contributed by atoms with Crippen molar-refractivity contribution in [2.24, 2.45) is 0 Å². The summed E-state index contributed by atoms with van der Waals surface area (Å²) in [4.78, 5) is 9.47. The maximum atomic E-state index is 10.1. The molecule has 0 atom stereocenters. The van der Waals surface area contributed by atoms with Crippen molar-refractivity contribution in [3.8, 4) is 11.5 Å². The van der Waals surface area contributed by atoms with E-state index in [0.717, 1.165) is 40.6 Å². The molecule has 0 aliphatic carbocycles. The summed E-state index contributed by atoms with van der Waals surface area (Å²) in [5.74, 6) is 0.729. The van der Waals surface area contributed by atoms with Gasteiger partial charge in [0.1, 0.15) is 0 Å². The number of aromatic nitrogens is 2. The molecule has 32 heavy (non-hydrogen) atoms. The number of hydrogen-bond acceptors (Lipinski definition) is 4. The minimum absolute atomic E-state index is 0.112. The summed E-state index contributed by atoms with van der Waals surface area (Å²) in [5, 5.41) is 14.8. The summed E-state index contributed by atoms with van der Waals surface area (Å²) in [6.45, 7) is 0. The Labute approximate surface area is 187 Å². The Kier molecular flexibility index (Phi) is 5.42. The van der Waals surface area contributed by atoms with Crippen molar-refractivity contribution in [3.05, 3.63) is 108 Å². The predicted molar refractivity (Wildman–Crippen MR) is 128 cm³/mol. The first-order valence-corrected chi connectivity index (χ1v) is 10.7. The molecule has 2 aromatic heterocycles. The molecule has 0 aliphatic heterocycles. The molecular weight excluding hydrogens is 396 g/mol. The Hall–Kier alpha value is -3.92. The average Bonchev–Trinajstić information content (AvgIpc) is 2.84. The summed E-state index contributed by atoms with van der Waals surface area (Å²) in [5.41, 5.74) is 3.20. The first-order chi connectivity index (χ1) is 15.7. The Morgan fingerprint density at radius 3 is 1.88 bits per heavy atom. The number of pyridine rings is 2. The van der Waals surface area contributed by atoms with Crippen molar-refractivity contribution in [1.82, 2.24) is 9.97 Å². The molecule has 4 nitrogen and oxygen atoms in total. The molecule has 0 unspecified atom stereocenters. The summed E-state index contributed by atoms with van der Waals surface area (Å²) < 4.78 is 5.40. The van der Waals surface area contributed by atoms with Gasteiger partial charge in [0, 0.05) is 34.6 Å². The summed E-state index contributed by atoms with van der Waals surface area (Å²) in [6.07, 6.45) is 5.25. The molecule has 0 saturated heterocycles. The largest absolute Gasteiger partial charge is 0.504 e. The van der Waals surface area contributed by atoms with E-state index in [9.17, 15) is 5.11 Å². The number of phenolic OH excluding ortho intramolecular Hbond substituents is 1. The average molecular weight is 421 g/mol. The molecule has 5 rings (SSSR count). The van der Waals surface area contributed by atoms with E-state index in [2.05, 4.69) is 48.5 Å². The van der Waals surface area contributed by atoms with E-state index in [1.807, 2.05) is 36.7 Å². The highest BCUT2D eigenvalue weighted by Crippen LogP contribution is 2.34. The van der Waals surface area contributed by atoms with Crippen LogP contribution in [0.4, 0.5) is 0 Å². The minimum Gasteiger partial charge on any atom is -0.504 e. The molecule has 4 heteroatoms. The van der Waals surface area contributed by atoms with E-state index in [0.29, 0.717) is 5.75 Å². The monoisotopic (exact) mass is 420 g/mol. The fraction of sp³-hybridized carbons (Fsp3) is 0.143. The summed E-state index contributed by atoms with van der Waals surface area (Å²) in [6, 6.07) is 26.4. The zero-order chi connectivity index (χ0) is 21.9. The van der Waals surface area contributed by atoms with Gasteiger partial charge >= 0.3 is 0 Å². The summed E-state index contributed by atoms with van der Waals surface area (Å²) in [7, 11) is 1.58. The van der Waals surface area contributed by atoms with Crippen LogP contribution in [0.1, 0.15) is 22.9 Å². The van der Waals surface area contributed by atoms with Crippen molar-refractivity contribution in [1.29, 1.82) is 0 Å². The Bertz CT molecular complexity index is 1310. The maximum Gasteiger partial charge on any atom is 0.160 e. The number of benzene rings is 3. The van der Waals surface area contributed by atoms with Crippen molar-refractivity contribution < 1.29 is 9.84 Å². The second-order valence-corrected chi connectivity index (χ2v) is 7.99. The molecular formula is C28H24N2O2. The first kappa shape index (κ1) is 20.0. The number of hydrogen-bond donors (Lipinski definition) is 1. The number of methoxy groups -OCH3 is 1. The standard InChI is InChI=1S/C28H24N2O2/c1-32-28-18-21(10-11-27(28)31)22(16-25-23-8-4-2-6-19(23)12-14-29-25)17-26-24-9-5-3-7-20(24)13-15-30-26/h2-15,18,22,31H,16-17H2,1H3. The van der Waals surface area contributed by atoms with Crippen LogP contribution in [0.2, 0.25) is 0 Å². The predicted octanol–water partition coefficient (Wildman–Crippen LogP) is 6.07. The van der Waals surface area contributed by atoms with Crippen LogP contribution in [0.15, 0.2) is 91.3 Å². The molecule has 0 aliphatic rings. The molecule has 1 N–H and O–H groups in total. The molecule has 2 heterocycles. The van der Waals surface area contributed by atoms with Crippen LogP contribution < -0.4 is 4.74 Å². The highest BCUT2D eigenvalue weighted by atomic mass is 16.5. The molecule has 5 aromatic rings. The lowest BCUT2D eigenvalue weighted by atomic mass is 9.87. The maximum absolute atomic E-state index is 10.1. The SMILES string of the molecule is COc1cc(C(Cc2nccc3ccccc23)Cc2nccc3ccccc23)ccc1O. The smallest absolute Gasteiger partial charge is 0.160 e. The van der Waals surface area contributed by atoms with Crippen LogP contribution in [-0.4, -0.2) is 22.2 Å². The second kappa shape index (κ2) is 8.67. The quantitative estimate of drug-likeness (QED) is 0.362. The van der Waals surface area contributed by atoms with E-state index in [4.69, 9.17) is 14.7 Å². The van der Waals surface area contributed by atoms with Gasteiger partial charge in [0.25, 0.3) is 0 Å². The lowest BCUT2D eigenvalue weighted by molar-refractivity contribution is 0.372. The van der Waals surface area contributed by atoms with Gasteiger partial charge < -0.3 is 9.84 Å².